The molecule has 4 nitrogen and oxygen atoms in total. The zero-order chi connectivity index (χ0) is 15.1. The Balaban J connectivity index is 2.83. The van der Waals surface area contributed by atoms with Crippen LogP contribution in [0, 0.1) is 0 Å². The maximum atomic E-state index is 12.2. The van der Waals surface area contributed by atoms with Crippen molar-refractivity contribution >= 4 is 21.8 Å². The molecule has 0 radical (unpaired) electrons. The molecule has 0 aliphatic heterocycles. The predicted molar refractivity (Wildman–Crippen MR) is 83.2 cm³/mol. The van der Waals surface area contributed by atoms with Gasteiger partial charge < -0.3 is 15.2 Å². The van der Waals surface area contributed by atoms with Crippen LogP contribution in [0.25, 0.3) is 0 Å². The average molecular weight is 344 g/mol. The molecule has 20 heavy (non-hydrogen) atoms. The largest absolute Gasteiger partial charge is 0.491 e. The minimum atomic E-state index is -0.153. The van der Waals surface area contributed by atoms with Crippen molar-refractivity contribution in [2.45, 2.75) is 45.8 Å². The molecule has 0 bridgehead atoms. The first-order chi connectivity index (χ1) is 9.46. The van der Waals surface area contributed by atoms with Gasteiger partial charge in [0.15, 0.2) is 0 Å². The lowest BCUT2D eigenvalue weighted by Crippen LogP contribution is -2.35. The van der Waals surface area contributed by atoms with Crippen molar-refractivity contribution in [1.29, 1.82) is 0 Å². The van der Waals surface area contributed by atoms with Gasteiger partial charge in [-0.15, -0.1) is 0 Å². The second-order valence-electron chi connectivity index (χ2n) is 4.93. The number of aliphatic hydroxyl groups excluding tert-OH is 1. The van der Waals surface area contributed by atoms with Crippen molar-refractivity contribution < 1.29 is 14.6 Å². The molecule has 0 aliphatic rings. The van der Waals surface area contributed by atoms with Crippen molar-refractivity contribution in [3.8, 4) is 5.75 Å². The molecule has 1 aromatic rings. The van der Waals surface area contributed by atoms with Gasteiger partial charge >= 0.3 is 0 Å². The normalized spacial score (nSPS) is 12.3. The van der Waals surface area contributed by atoms with E-state index in [9.17, 15) is 4.79 Å². The predicted octanol–water partition coefficient (Wildman–Crippen LogP) is 3.13. The molecule has 1 aromatic carbocycles. The minimum absolute atomic E-state index is 0.0130. The molecule has 0 aliphatic carbocycles. The highest BCUT2D eigenvalue weighted by atomic mass is 79.9. The van der Waals surface area contributed by atoms with E-state index in [4.69, 9.17) is 9.84 Å². The molecule has 1 unspecified atom stereocenters. The Labute approximate surface area is 128 Å². The monoisotopic (exact) mass is 343 g/mol. The van der Waals surface area contributed by atoms with Gasteiger partial charge in [-0.1, -0.05) is 22.9 Å². The van der Waals surface area contributed by atoms with E-state index in [-0.39, 0.29) is 24.7 Å². The number of amides is 1. The first-order valence-electron chi connectivity index (χ1n) is 6.85. The number of aliphatic hydroxyl groups is 1. The van der Waals surface area contributed by atoms with Gasteiger partial charge in [-0.25, -0.2) is 0 Å². The fourth-order valence-corrected chi connectivity index (χ4v) is 2.31. The van der Waals surface area contributed by atoms with Gasteiger partial charge in [0.05, 0.1) is 6.10 Å². The lowest BCUT2D eigenvalue weighted by molar-refractivity contribution is 0.0928. The molecule has 5 heteroatoms. The summed E-state index contributed by atoms with van der Waals surface area (Å²) in [5.74, 6) is 0.509. The lowest BCUT2D eigenvalue weighted by atomic mass is 10.1. The molecule has 1 amide bonds. The van der Waals surface area contributed by atoms with E-state index in [0.29, 0.717) is 17.7 Å². The van der Waals surface area contributed by atoms with Crippen molar-refractivity contribution in [2.24, 2.45) is 0 Å². The van der Waals surface area contributed by atoms with Crippen LogP contribution >= 0.6 is 15.9 Å². The first kappa shape index (κ1) is 17.0. The third-order valence-electron chi connectivity index (χ3n) is 2.81. The average Bonchev–Trinajstić information content (AvgIpc) is 2.36. The van der Waals surface area contributed by atoms with E-state index in [0.717, 1.165) is 10.9 Å². The van der Waals surface area contributed by atoms with E-state index >= 15 is 0 Å². The van der Waals surface area contributed by atoms with Crippen LogP contribution in [0.4, 0.5) is 0 Å². The highest BCUT2D eigenvalue weighted by Gasteiger charge is 2.13. The summed E-state index contributed by atoms with van der Waals surface area (Å²) in [7, 11) is 0. The molecule has 0 saturated heterocycles. The Hall–Kier alpha value is -1.07. The zero-order valence-corrected chi connectivity index (χ0v) is 13.7. The third kappa shape index (κ3) is 5.51. The van der Waals surface area contributed by atoms with Gasteiger partial charge in [0.25, 0.3) is 5.91 Å². The highest BCUT2D eigenvalue weighted by molar-refractivity contribution is 9.10. The number of carbonyl (C=O) groups is 1. The Kier molecular flexibility index (Phi) is 7.02. The van der Waals surface area contributed by atoms with Crippen molar-refractivity contribution in [3.63, 3.8) is 0 Å². The van der Waals surface area contributed by atoms with E-state index in [1.165, 1.54) is 0 Å². The second-order valence-corrected chi connectivity index (χ2v) is 5.85. The summed E-state index contributed by atoms with van der Waals surface area (Å²) >= 11 is 3.39. The smallest absolute Gasteiger partial charge is 0.251 e. The van der Waals surface area contributed by atoms with Crippen LogP contribution in [0.2, 0.25) is 0 Å². The number of ether oxygens (including phenoxy) is 1. The molecule has 2 N–H and O–H groups in total. The summed E-state index contributed by atoms with van der Waals surface area (Å²) in [5.41, 5.74) is 0.548. The first-order valence-corrected chi connectivity index (χ1v) is 7.64. The fraction of sp³-hybridized carbons (Fsp3) is 0.533. The number of nitrogens with one attached hydrogen (secondary N) is 1. The quantitative estimate of drug-likeness (QED) is 0.799. The SMILES string of the molecule is CCC(CCO)NC(=O)c1cc(Br)cc(OC(C)C)c1. The molecule has 0 fully saturated rings. The van der Waals surface area contributed by atoms with Crippen LogP contribution in [-0.2, 0) is 0 Å². The second kappa shape index (κ2) is 8.27. The molecule has 112 valence electrons. The van der Waals surface area contributed by atoms with E-state index in [1.807, 2.05) is 26.8 Å². The maximum absolute atomic E-state index is 12.2. The van der Waals surface area contributed by atoms with Gasteiger partial charge in [-0.3, -0.25) is 4.79 Å². The maximum Gasteiger partial charge on any atom is 0.251 e. The Bertz CT molecular complexity index is 449. The van der Waals surface area contributed by atoms with Gasteiger partial charge in [0.2, 0.25) is 0 Å². The summed E-state index contributed by atoms with van der Waals surface area (Å²) in [6, 6.07) is 5.31. The van der Waals surface area contributed by atoms with Crippen molar-refractivity contribution in [3.05, 3.63) is 28.2 Å². The lowest BCUT2D eigenvalue weighted by Gasteiger charge is -2.17. The molecule has 0 saturated carbocycles. The highest BCUT2D eigenvalue weighted by Crippen LogP contribution is 2.22. The number of hydrogen-bond acceptors (Lipinski definition) is 3. The van der Waals surface area contributed by atoms with Crippen molar-refractivity contribution in [2.75, 3.05) is 6.61 Å². The van der Waals surface area contributed by atoms with E-state index in [2.05, 4.69) is 21.2 Å². The number of rotatable bonds is 7. The van der Waals surface area contributed by atoms with Gasteiger partial charge in [0, 0.05) is 22.7 Å². The third-order valence-corrected chi connectivity index (χ3v) is 3.27. The fourth-order valence-electron chi connectivity index (χ4n) is 1.84. The standard InChI is InChI=1S/C15H22BrNO3/c1-4-13(5-6-18)17-15(19)11-7-12(16)9-14(8-11)20-10(2)3/h7-10,13,18H,4-6H2,1-3H3,(H,17,19). The summed E-state index contributed by atoms with van der Waals surface area (Å²) in [5, 5.41) is 11.9. The Morgan fingerprint density at radius 3 is 2.65 bits per heavy atom. The Morgan fingerprint density at radius 1 is 1.40 bits per heavy atom. The number of hydrogen-bond donors (Lipinski definition) is 2. The van der Waals surface area contributed by atoms with Crippen LogP contribution in [0.1, 0.15) is 44.0 Å². The van der Waals surface area contributed by atoms with Crippen LogP contribution < -0.4 is 10.1 Å². The van der Waals surface area contributed by atoms with Gasteiger partial charge in [-0.2, -0.15) is 0 Å². The number of benzene rings is 1. The molecule has 0 spiro atoms. The summed E-state index contributed by atoms with van der Waals surface area (Å²) in [6.45, 7) is 5.93. The summed E-state index contributed by atoms with van der Waals surface area (Å²) in [6.07, 6.45) is 1.40. The molecule has 1 atom stereocenters. The number of halogens is 1. The molecule has 1 rings (SSSR count). The van der Waals surface area contributed by atoms with Gasteiger partial charge in [0.1, 0.15) is 5.75 Å². The van der Waals surface area contributed by atoms with Crippen LogP contribution in [-0.4, -0.2) is 29.8 Å². The molecule has 0 heterocycles. The van der Waals surface area contributed by atoms with Crippen LogP contribution in [0.5, 0.6) is 5.75 Å². The minimum Gasteiger partial charge on any atom is -0.491 e. The van der Waals surface area contributed by atoms with Crippen LogP contribution in [0.15, 0.2) is 22.7 Å². The van der Waals surface area contributed by atoms with Gasteiger partial charge in [-0.05, 0) is 44.9 Å². The Morgan fingerprint density at radius 2 is 2.10 bits per heavy atom. The topological polar surface area (TPSA) is 58.6 Å². The number of carbonyl (C=O) groups excluding carboxylic acids is 1. The van der Waals surface area contributed by atoms with Crippen molar-refractivity contribution in [1.82, 2.24) is 5.32 Å². The van der Waals surface area contributed by atoms with E-state index < -0.39 is 0 Å². The van der Waals surface area contributed by atoms with Crippen LogP contribution in [0.3, 0.4) is 0 Å². The molecule has 0 aromatic heterocycles. The summed E-state index contributed by atoms with van der Waals surface area (Å²) < 4.78 is 6.42. The zero-order valence-electron chi connectivity index (χ0n) is 12.1. The molecular weight excluding hydrogens is 322 g/mol. The summed E-state index contributed by atoms with van der Waals surface area (Å²) in [4.78, 5) is 12.2. The molecular formula is C15H22BrNO3. The van der Waals surface area contributed by atoms with E-state index in [1.54, 1.807) is 12.1 Å².